The van der Waals surface area contributed by atoms with Crippen LogP contribution in [-0.2, 0) is 14.9 Å². The highest BCUT2D eigenvalue weighted by molar-refractivity contribution is 6.53. The molecule has 1 aromatic carbocycles. The lowest BCUT2D eigenvalue weighted by Gasteiger charge is -2.57. The number of halogens is 1. The number of hydrogen-bond acceptors (Lipinski definition) is 4. The Morgan fingerprint density at radius 1 is 1.12 bits per heavy atom. The van der Waals surface area contributed by atoms with Gasteiger partial charge in [0.15, 0.2) is 0 Å². The number of rotatable bonds is 1. The van der Waals surface area contributed by atoms with Crippen LogP contribution in [0.15, 0.2) is 12.1 Å². The van der Waals surface area contributed by atoms with E-state index in [-0.39, 0.29) is 16.8 Å². The Labute approximate surface area is 149 Å². The molecule has 6 nitrogen and oxygen atoms in total. The molecule has 3 N–H and O–H groups in total. The highest BCUT2D eigenvalue weighted by atomic mass is 19.1. The van der Waals surface area contributed by atoms with Crippen molar-refractivity contribution in [1.29, 1.82) is 0 Å². The number of imide groups is 1. The fraction of sp³-hybridized carbons (Fsp3) is 0.308. The second-order valence-electron chi connectivity index (χ2n) is 6.24. The largest absolute Gasteiger partial charge is 0.398 e. The predicted molar refractivity (Wildman–Crippen MR) is 90.6 cm³/mol. The summed E-state index contributed by atoms with van der Waals surface area (Å²) in [6.45, 7) is 0. The second kappa shape index (κ2) is 4.96. The third-order valence-electron chi connectivity index (χ3n) is 4.45. The molecule has 3 rings (SSSR count). The zero-order chi connectivity index (χ0) is 18.9. The average Bonchev–Trinajstić information content (AvgIpc) is 2.62. The first-order chi connectivity index (χ1) is 11.3. The SMILES string of the molecule is [B]C1([B])c2c(N)cc(F)cc2C(=O)N1C1([B])C(=O)NC(=O)CC1([B])[B]. The van der Waals surface area contributed by atoms with Gasteiger partial charge in [-0.05, 0) is 23.0 Å². The van der Waals surface area contributed by atoms with Crippen LogP contribution in [0.2, 0.25) is 5.21 Å². The summed E-state index contributed by atoms with van der Waals surface area (Å²) in [4.78, 5) is 37.4. The highest BCUT2D eigenvalue weighted by Gasteiger charge is 2.61. The number of fused-ring (bicyclic) bond motifs is 1. The van der Waals surface area contributed by atoms with Crippen molar-refractivity contribution in [3.8, 4) is 0 Å². The molecule has 1 unspecified atom stereocenters. The van der Waals surface area contributed by atoms with E-state index >= 15 is 0 Å². The quantitative estimate of drug-likeness (QED) is 0.344. The summed E-state index contributed by atoms with van der Waals surface area (Å²) in [5.74, 6) is -3.78. The van der Waals surface area contributed by atoms with Gasteiger partial charge in [-0.1, -0.05) is 5.21 Å². The maximum Gasteiger partial charge on any atom is 0.253 e. The average molecular weight is 326 g/mol. The molecule has 2 aliphatic rings. The molecule has 0 bridgehead atoms. The van der Waals surface area contributed by atoms with Crippen LogP contribution in [0.25, 0.3) is 0 Å². The molecule has 0 aromatic heterocycles. The van der Waals surface area contributed by atoms with Gasteiger partial charge in [-0.15, -0.1) is 0 Å². The zero-order valence-electron chi connectivity index (χ0n) is 12.9. The molecule has 25 heavy (non-hydrogen) atoms. The van der Waals surface area contributed by atoms with Gasteiger partial charge in [-0.25, -0.2) is 4.39 Å². The van der Waals surface area contributed by atoms with Gasteiger partial charge >= 0.3 is 0 Å². The van der Waals surface area contributed by atoms with E-state index in [0.29, 0.717) is 4.90 Å². The molecule has 2 heterocycles. The first-order valence-corrected chi connectivity index (χ1v) is 7.07. The van der Waals surface area contributed by atoms with Gasteiger partial charge in [0.25, 0.3) is 5.91 Å². The minimum absolute atomic E-state index is 0.135. The van der Waals surface area contributed by atoms with E-state index in [4.69, 9.17) is 45.0 Å². The zero-order valence-corrected chi connectivity index (χ0v) is 12.9. The Bertz CT molecular complexity index is 846. The van der Waals surface area contributed by atoms with Gasteiger partial charge in [0, 0.05) is 17.7 Å². The monoisotopic (exact) mass is 327 g/mol. The van der Waals surface area contributed by atoms with E-state index in [1.54, 1.807) is 0 Å². The van der Waals surface area contributed by atoms with E-state index in [2.05, 4.69) is 0 Å². The van der Waals surface area contributed by atoms with E-state index < -0.39 is 45.9 Å². The van der Waals surface area contributed by atoms with E-state index in [9.17, 15) is 18.8 Å². The Balaban J connectivity index is 2.25. The number of nitrogens with two attached hydrogens (primary N) is 1. The molecule has 10 radical (unpaired) electrons. The van der Waals surface area contributed by atoms with Crippen LogP contribution in [-0.4, -0.2) is 67.3 Å². The molecule has 114 valence electrons. The number of amides is 3. The standard InChI is InChI=1S/C13H7B5FN3O3/c14-11(15)3-7(23)21-10(25)12(11,16)22-9(24)5-1-4(19)2-6(20)8(5)13(22,17)18/h1-2H,3,20H2,(H,21,23,25). The van der Waals surface area contributed by atoms with Crippen LogP contribution >= 0.6 is 0 Å². The molecule has 1 aromatic rings. The maximum atomic E-state index is 13.7. The van der Waals surface area contributed by atoms with Crippen molar-refractivity contribution in [1.82, 2.24) is 10.2 Å². The number of hydrogen-bond donors (Lipinski definition) is 2. The highest BCUT2D eigenvalue weighted by Crippen LogP contribution is 2.50. The minimum Gasteiger partial charge on any atom is -0.398 e. The molecule has 1 fully saturated rings. The van der Waals surface area contributed by atoms with Crippen LogP contribution in [0.1, 0.15) is 22.3 Å². The Morgan fingerprint density at radius 3 is 2.28 bits per heavy atom. The van der Waals surface area contributed by atoms with Gasteiger partial charge in [0.05, 0.1) is 36.8 Å². The fourth-order valence-corrected chi connectivity index (χ4v) is 3.28. The molecule has 0 aliphatic carbocycles. The van der Waals surface area contributed by atoms with Crippen LogP contribution in [0, 0.1) is 5.82 Å². The van der Waals surface area contributed by atoms with Gasteiger partial charge in [0.2, 0.25) is 11.8 Å². The molecular weight excluding hydrogens is 319 g/mol. The van der Waals surface area contributed by atoms with Crippen molar-refractivity contribution in [2.24, 2.45) is 0 Å². The number of benzene rings is 1. The number of carbonyl (C=O) groups excluding carboxylic acids is 3. The predicted octanol–water partition coefficient (Wildman–Crippen LogP) is -2.32. The first kappa shape index (κ1) is 17.7. The van der Waals surface area contributed by atoms with Crippen LogP contribution < -0.4 is 11.1 Å². The summed E-state index contributed by atoms with van der Waals surface area (Å²) in [6, 6.07) is 1.77. The summed E-state index contributed by atoms with van der Waals surface area (Å²) >= 11 is 0. The molecule has 2 aliphatic heterocycles. The lowest BCUT2D eigenvalue weighted by atomic mass is 9.35. The summed E-state index contributed by atoms with van der Waals surface area (Å²) < 4.78 is 13.7. The van der Waals surface area contributed by atoms with Crippen molar-refractivity contribution in [2.45, 2.75) is 22.4 Å². The lowest BCUT2D eigenvalue weighted by molar-refractivity contribution is -0.140. The molecule has 0 spiro atoms. The van der Waals surface area contributed by atoms with Crippen LogP contribution in [0.4, 0.5) is 10.1 Å². The first-order valence-electron chi connectivity index (χ1n) is 7.07. The molecule has 12 heteroatoms. The number of nitrogens with zero attached hydrogens (tertiary/aromatic N) is 1. The number of anilines is 1. The van der Waals surface area contributed by atoms with Gasteiger partial charge in [-0.3, -0.25) is 19.7 Å². The normalized spacial score (nSPS) is 27.1. The van der Waals surface area contributed by atoms with Crippen molar-refractivity contribution in [3.63, 3.8) is 0 Å². The molecule has 3 amide bonds. The Morgan fingerprint density at radius 2 is 1.72 bits per heavy atom. The van der Waals surface area contributed by atoms with Crippen molar-refractivity contribution in [2.75, 3.05) is 5.73 Å². The van der Waals surface area contributed by atoms with Gasteiger partial charge < -0.3 is 10.6 Å². The number of nitrogens with one attached hydrogen (secondary N) is 1. The van der Waals surface area contributed by atoms with Crippen molar-refractivity contribution >= 4 is 62.6 Å². The van der Waals surface area contributed by atoms with Crippen molar-refractivity contribution < 1.29 is 18.8 Å². The molecular formula is C13H7B5FN3O3. The molecule has 1 atom stereocenters. The van der Waals surface area contributed by atoms with E-state index in [1.807, 2.05) is 5.32 Å². The summed E-state index contributed by atoms with van der Waals surface area (Å²) in [7, 11) is 29.9. The summed E-state index contributed by atoms with van der Waals surface area (Å²) in [5, 5.41) is -2.47. The molecule has 0 saturated carbocycles. The topological polar surface area (TPSA) is 92.5 Å². The molecule has 1 saturated heterocycles. The number of carbonyl (C=O) groups is 3. The summed E-state index contributed by atoms with van der Waals surface area (Å²) in [5.41, 5.74) is 2.60. The number of piperidine rings is 1. The third kappa shape index (κ3) is 2.12. The van der Waals surface area contributed by atoms with Crippen LogP contribution in [0.3, 0.4) is 0 Å². The Hall–Kier alpha value is -2.12. The van der Waals surface area contributed by atoms with E-state index in [0.717, 1.165) is 12.1 Å². The van der Waals surface area contributed by atoms with E-state index in [1.165, 1.54) is 0 Å². The smallest absolute Gasteiger partial charge is 0.253 e. The lowest BCUT2D eigenvalue weighted by Crippen LogP contribution is -2.74. The fourth-order valence-electron chi connectivity index (χ4n) is 3.28. The van der Waals surface area contributed by atoms with Crippen LogP contribution in [0.5, 0.6) is 0 Å². The van der Waals surface area contributed by atoms with Crippen molar-refractivity contribution in [3.05, 3.63) is 29.1 Å². The van der Waals surface area contributed by atoms with Gasteiger partial charge in [0.1, 0.15) is 13.7 Å². The minimum atomic E-state index is -2.50. The maximum absolute atomic E-state index is 13.7. The Kier molecular flexibility index (Phi) is 3.51. The van der Waals surface area contributed by atoms with Gasteiger partial charge in [-0.2, -0.15) is 0 Å². The second-order valence-corrected chi connectivity index (χ2v) is 6.24. The number of nitrogen functional groups attached to an aromatic ring is 1. The third-order valence-corrected chi connectivity index (χ3v) is 4.45. The summed E-state index contributed by atoms with van der Waals surface area (Å²) in [6.07, 6.45) is -0.588.